The summed E-state index contributed by atoms with van der Waals surface area (Å²) in [6, 6.07) is 21.1. The molecule has 2 aromatic carbocycles. The van der Waals surface area contributed by atoms with Gasteiger partial charge in [-0.15, -0.1) is 0 Å². The van der Waals surface area contributed by atoms with Crippen molar-refractivity contribution in [2.24, 2.45) is 0 Å². The highest BCUT2D eigenvalue weighted by molar-refractivity contribution is 5.82. The van der Waals surface area contributed by atoms with Crippen molar-refractivity contribution < 1.29 is 0 Å². The lowest BCUT2D eigenvalue weighted by Gasteiger charge is -2.29. The van der Waals surface area contributed by atoms with Crippen molar-refractivity contribution in [1.82, 2.24) is 9.97 Å². The zero-order valence-corrected chi connectivity index (χ0v) is 18.9. The van der Waals surface area contributed by atoms with E-state index < -0.39 is 0 Å². The number of fused-ring (bicyclic) bond motifs is 3. The molecule has 0 unspecified atom stereocenters. The Morgan fingerprint density at radius 2 is 0.939 bits per heavy atom. The number of nitrogens with zero attached hydrogens (tertiary/aromatic N) is 2. The molecule has 0 N–H and O–H groups in total. The van der Waals surface area contributed by atoms with Gasteiger partial charge in [-0.3, -0.25) is 9.97 Å². The van der Waals surface area contributed by atoms with E-state index in [0.717, 1.165) is 35.1 Å². The van der Waals surface area contributed by atoms with Crippen molar-refractivity contribution in [2.45, 2.75) is 32.1 Å². The van der Waals surface area contributed by atoms with E-state index in [0.29, 0.717) is 0 Å². The van der Waals surface area contributed by atoms with E-state index in [2.05, 4.69) is 83.9 Å². The molecule has 5 rings (SSSR count). The average Bonchev–Trinajstić information content (AvgIpc) is 3.16. The SMILES string of the molecule is CCC1(CC)c2cc(C#Cc3ccncc3)ccc2-c2ccc(C#Cc3ccncc3)cc21. The summed E-state index contributed by atoms with van der Waals surface area (Å²) >= 11 is 0. The second-order valence-electron chi connectivity index (χ2n) is 8.28. The van der Waals surface area contributed by atoms with Crippen LogP contribution in [0.5, 0.6) is 0 Å². The Bertz CT molecular complexity index is 1320. The van der Waals surface area contributed by atoms with Gasteiger partial charge in [-0.25, -0.2) is 0 Å². The molecule has 2 aromatic heterocycles. The molecule has 0 saturated carbocycles. The van der Waals surface area contributed by atoms with Crippen LogP contribution >= 0.6 is 0 Å². The molecule has 1 aliphatic carbocycles. The maximum atomic E-state index is 4.07. The third kappa shape index (κ3) is 3.82. The zero-order chi connectivity index (χ0) is 22.7. The molecule has 1 aliphatic rings. The fourth-order valence-electron chi connectivity index (χ4n) is 4.82. The van der Waals surface area contributed by atoms with Crippen LogP contribution in [0.2, 0.25) is 0 Å². The van der Waals surface area contributed by atoms with Crippen LogP contribution in [0.4, 0.5) is 0 Å². The molecule has 158 valence electrons. The molecule has 0 saturated heterocycles. The van der Waals surface area contributed by atoms with E-state index >= 15 is 0 Å². The minimum atomic E-state index is -0.0205. The van der Waals surface area contributed by atoms with Crippen molar-refractivity contribution >= 4 is 0 Å². The summed E-state index contributed by atoms with van der Waals surface area (Å²) in [7, 11) is 0. The van der Waals surface area contributed by atoms with Crippen molar-refractivity contribution in [3.8, 4) is 34.8 Å². The normalized spacial score (nSPS) is 12.5. The highest BCUT2D eigenvalue weighted by atomic mass is 14.6. The van der Waals surface area contributed by atoms with Gasteiger partial charge in [0.2, 0.25) is 0 Å². The van der Waals surface area contributed by atoms with E-state index in [9.17, 15) is 0 Å². The van der Waals surface area contributed by atoms with Crippen molar-refractivity contribution in [2.75, 3.05) is 0 Å². The van der Waals surface area contributed by atoms with E-state index in [1.54, 1.807) is 24.8 Å². The van der Waals surface area contributed by atoms with E-state index in [1.807, 2.05) is 24.3 Å². The Labute approximate surface area is 195 Å². The molecular formula is C31H24N2. The fourth-order valence-corrected chi connectivity index (χ4v) is 4.82. The first-order chi connectivity index (χ1) is 16.2. The Morgan fingerprint density at radius 3 is 1.33 bits per heavy atom. The van der Waals surface area contributed by atoms with Gasteiger partial charge in [-0.1, -0.05) is 49.7 Å². The van der Waals surface area contributed by atoms with Gasteiger partial charge in [0.05, 0.1) is 0 Å². The molecule has 0 fully saturated rings. The molecule has 33 heavy (non-hydrogen) atoms. The van der Waals surface area contributed by atoms with E-state index in [1.165, 1.54) is 22.3 Å². The second-order valence-corrected chi connectivity index (χ2v) is 8.28. The molecule has 0 spiro atoms. The van der Waals surface area contributed by atoms with Gasteiger partial charge in [0.25, 0.3) is 0 Å². The number of aromatic nitrogens is 2. The quantitative estimate of drug-likeness (QED) is 0.350. The number of hydrogen-bond acceptors (Lipinski definition) is 2. The summed E-state index contributed by atoms with van der Waals surface area (Å²) in [5, 5.41) is 0. The predicted molar refractivity (Wildman–Crippen MR) is 134 cm³/mol. The second kappa shape index (κ2) is 8.78. The van der Waals surface area contributed by atoms with Gasteiger partial charge in [-0.05, 0) is 83.6 Å². The molecule has 2 heterocycles. The maximum Gasteiger partial charge on any atom is 0.0280 e. The number of benzene rings is 2. The van der Waals surface area contributed by atoms with E-state index in [4.69, 9.17) is 0 Å². The van der Waals surface area contributed by atoms with Crippen molar-refractivity contribution in [1.29, 1.82) is 0 Å². The summed E-state index contributed by atoms with van der Waals surface area (Å²) in [4.78, 5) is 8.14. The minimum absolute atomic E-state index is 0.0205. The monoisotopic (exact) mass is 424 g/mol. The smallest absolute Gasteiger partial charge is 0.0280 e. The largest absolute Gasteiger partial charge is 0.265 e. The van der Waals surface area contributed by atoms with Gasteiger partial charge in [0, 0.05) is 52.5 Å². The van der Waals surface area contributed by atoms with E-state index in [-0.39, 0.29) is 5.41 Å². The molecule has 0 atom stereocenters. The van der Waals surface area contributed by atoms with Crippen LogP contribution in [0.25, 0.3) is 11.1 Å². The molecule has 2 nitrogen and oxygen atoms in total. The Hall–Kier alpha value is -4.14. The summed E-state index contributed by atoms with van der Waals surface area (Å²) in [6.07, 6.45) is 9.17. The third-order valence-electron chi connectivity index (χ3n) is 6.63. The summed E-state index contributed by atoms with van der Waals surface area (Å²) in [5.74, 6) is 13.2. The van der Waals surface area contributed by atoms with Crippen LogP contribution in [-0.2, 0) is 5.41 Å². The van der Waals surface area contributed by atoms with Gasteiger partial charge in [-0.2, -0.15) is 0 Å². The molecule has 2 heteroatoms. The predicted octanol–water partition coefficient (Wildman–Crippen LogP) is 6.36. The molecule has 0 aliphatic heterocycles. The first-order valence-electron chi connectivity index (χ1n) is 11.4. The zero-order valence-electron chi connectivity index (χ0n) is 18.9. The van der Waals surface area contributed by atoms with Crippen molar-refractivity contribution in [3.05, 3.63) is 119 Å². The van der Waals surface area contributed by atoms with Crippen LogP contribution in [-0.4, -0.2) is 9.97 Å². The van der Waals surface area contributed by atoms with Crippen LogP contribution in [0, 0.1) is 23.7 Å². The molecule has 4 aromatic rings. The third-order valence-corrected chi connectivity index (χ3v) is 6.63. The van der Waals surface area contributed by atoms with Crippen LogP contribution in [0.15, 0.2) is 85.5 Å². The summed E-state index contributed by atoms with van der Waals surface area (Å²) in [5.41, 5.74) is 9.41. The standard InChI is InChI=1S/C31H24N2/c1-3-31(4-2)29-21-25(7-5-23-13-17-32-18-14-23)9-11-27(29)28-12-10-26(22-30(28)31)8-6-24-15-19-33-20-16-24/h9-22H,3-4H2,1-2H3. The Balaban J connectivity index is 1.56. The van der Waals surface area contributed by atoms with Crippen LogP contribution < -0.4 is 0 Å². The van der Waals surface area contributed by atoms with Crippen LogP contribution in [0.1, 0.15) is 60.1 Å². The first kappa shape index (κ1) is 20.7. The molecule has 0 bridgehead atoms. The number of rotatable bonds is 2. The maximum absolute atomic E-state index is 4.07. The van der Waals surface area contributed by atoms with Gasteiger partial charge >= 0.3 is 0 Å². The van der Waals surface area contributed by atoms with Crippen LogP contribution in [0.3, 0.4) is 0 Å². The minimum Gasteiger partial charge on any atom is -0.265 e. The molecule has 0 radical (unpaired) electrons. The van der Waals surface area contributed by atoms with Gasteiger partial charge in [0.1, 0.15) is 0 Å². The highest BCUT2D eigenvalue weighted by Gasteiger charge is 2.40. The first-order valence-corrected chi connectivity index (χ1v) is 11.4. The lowest BCUT2D eigenvalue weighted by Crippen LogP contribution is -2.23. The lowest BCUT2D eigenvalue weighted by atomic mass is 9.73. The van der Waals surface area contributed by atoms with Gasteiger partial charge < -0.3 is 0 Å². The topological polar surface area (TPSA) is 25.8 Å². The number of pyridine rings is 2. The fraction of sp³-hybridized carbons (Fsp3) is 0.161. The Kier molecular flexibility index (Phi) is 5.52. The number of hydrogen-bond donors (Lipinski definition) is 0. The summed E-state index contributed by atoms with van der Waals surface area (Å²) in [6.45, 7) is 4.57. The highest BCUT2D eigenvalue weighted by Crippen LogP contribution is 2.52. The molecular weight excluding hydrogens is 400 g/mol. The van der Waals surface area contributed by atoms with Gasteiger partial charge in [0.15, 0.2) is 0 Å². The summed E-state index contributed by atoms with van der Waals surface area (Å²) < 4.78 is 0. The lowest BCUT2D eigenvalue weighted by molar-refractivity contribution is 0.490. The average molecular weight is 425 g/mol. The molecule has 0 amide bonds. The Morgan fingerprint density at radius 1 is 0.545 bits per heavy atom. The van der Waals surface area contributed by atoms with Crippen molar-refractivity contribution in [3.63, 3.8) is 0 Å².